The minimum absolute atomic E-state index is 0.0298. The average molecular weight is 430 g/mol. The number of hydrogen-bond donors (Lipinski definition) is 1. The van der Waals surface area contributed by atoms with Gasteiger partial charge in [-0.05, 0) is 52.0 Å². The van der Waals surface area contributed by atoms with Gasteiger partial charge in [0.1, 0.15) is 17.1 Å². The van der Waals surface area contributed by atoms with Crippen molar-refractivity contribution in [2.75, 3.05) is 18.5 Å². The predicted octanol–water partition coefficient (Wildman–Crippen LogP) is 3.65. The molecular weight excluding hydrogens is 403 g/mol. The molecule has 0 atom stereocenters. The molecule has 8 heteroatoms. The fraction of sp³-hybridized carbons (Fsp3) is 0.348. The Morgan fingerprint density at radius 1 is 0.935 bits per heavy atom. The predicted molar refractivity (Wildman–Crippen MR) is 114 cm³/mol. The summed E-state index contributed by atoms with van der Waals surface area (Å²) in [6.07, 6.45) is 0. The van der Waals surface area contributed by atoms with Gasteiger partial charge in [0.25, 0.3) is 11.8 Å². The smallest absolute Gasteiger partial charge is 0.342 e. The number of para-hydroxylation sites is 2. The Balaban J connectivity index is 1.98. The van der Waals surface area contributed by atoms with Crippen molar-refractivity contribution in [3.05, 3.63) is 59.9 Å². The topological polar surface area (TPSA) is 84.9 Å². The van der Waals surface area contributed by atoms with Crippen LogP contribution < -0.4 is 10.1 Å². The molecule has 0 aliphatic rings. The Kier molecular flexibility index (Phi) is 8.54. The highest BCUT2D eigenvalue weighted by Gasteiger charge is 2.22. The van der Waals surface area contributed by atoms with Crippen LogP contribution in [0.2, 0.25) is 0 Å². The number of benzene rings is 2. The van der Waals surface area contributed by atoms with Crippen LogP contribution >= 0.6 is 0 Å². The number of nitrogens with one attached hydrogen (secondary N) is 1. The van der Waals surface area contributed by atoms with E-state index in [4.69, 9.17) is 9.47 Å². The van der Waals surface area contributed by atoms with Crippen molar-refractivity contribution in [2.24, 2.45) is 0 Å². The van der Waals surface area contributed by atoms with E-state index in [1.165, 1.54) is 30.3 Å². The molecule has 2 aromatic carbocycles. The third-order valence-electron chi connectivity index (χ3n) is 4.34. The van der Waals surface area contributed by atoms with Crippen molar-refractivity contribution < 1.29 is 28.2 Å². The van der Waals surface area contributed by atoms with Gasteiger partial charge in [-0.25, -0.2) is 9.18 Å². The molecule has 0 heterocycles. The molecule has 2 aromatic rings. The lowest BCUT2D eigenvalue weighted by molar-refractivity contribution is -0.138. The van der Waals surface area contributed by atoms with Crippen LogP contribution in [0.1, 0.15) is 38.1 Å². The first-order chi connectivity index (χ1) is 14.7. The summed E-state index contributed by atoms with van der Waals surface area (Å²) >= 11 is 0. The first-order valence-electron chi connectivity index (χ1n) is 9.95. The zero-order chi connectivity index (χ0) is 23.0. The number of ether oxygens (including phenoxy) is 2. The minimum Gasteiger partial charge on any atom is -0.483 e. The Bertz CT molecular complexity index is 922. The van der Waals surface area contributed by atoms with Crippen LogP contribution in [0.25, 0.3) is 0 Å². The molecule has 7 nitrogen and oxygen atoms in total. The van der Waals surface area contributed by atoms with Crippen molar-refractivity contribution in [2.45, 2.75) is 39.8 Å². The summed E-state index contributed by atoms with van der Waals surface area (Å²) in [5.41, 5.74) is 0.108. The normalized spacial score (nSPS) is 10.7. The van der Waals surface area contributed by atoms with E-state index in [1.54, 1.807) is 23.1 Å². The molecule has 0 saturated carbocycles. The molecule has 31 heavy (non-hydrogen) atoms. The Hall–Kier alpha value is -3.42. The lowest BCUT2D eigenvalue weighted by Crippen LogP contribution is -2.44. The maximum Gasteiger partial charge on any atom is 0.342 e. The molecule has 0 bridgehead atoms. The van der Waals surface area contributed by atoms with Gasteiger partial charge in [0.05, 0.1) is 5.69 Å². The standard InChI is InChI=1S/C23H27FN2O5/c1-15(2)26(16(3)4)22(28)14-31-23(29)17-9-5-8-12-20(17)30-13-21(27)25-19-11-7-6-10-18(19)24/h5-12,15-16H,13-14H2,1-4H3,(H,25,27). The Morgan fingerprint density at radius 3 is 2.19 bits per heavy atom. The van der Waals surface area contributed by atoms with Crippen LogP contribution in [0, 0.1) is 5.82 Å². The summed E-state index contributed by atoms with van der Waals surface area (Å²) in [5.74, 6) is -2.09. The molecular formula is C23H27FN2O5. The maximum absolute atomic E-state index is 13.6. The second-order valence-corrected chi connectivity index (χ2v) is 7.38. The summed E-state index contributed by atoms with van der Waals surface area (Å²) in [6.45, 7) is 6.69. The average Bonchev–Trinajstić information content (AvgIpc) is 2.72. The van der Waals surface area contributed by atoms with E-state index in [9.17, 15) is 18.8 Å². The van der Waals surface area contributed by atoms with E-state index < -0.39 is 30.9 Å². The highest BCUT2D eigenvalue weighted by molar-refractivity contribution is 5.95. The number of carbonyl (C=O) groups excluding carboxylic acids is 3. The highest BCUT2D eigenvalue weighted by atomic mass is 19.1. The van der Waals surface area contributed by atoms with Crippen LogP contribution in [0.5, 0.6) is 5.75 Å². The number of esters is 1. The molecule has 0 unspecified atom stereocenters. The van der Waals surface area contributed by atoms with E-state index in [2.05, 4.69) is 5.32 Å². The van der Waals surface area contributed by atoms with E-state index >= 15 is 0 Å². The van der Waals surface area contributed by atoms with Crippen LogP contribution in [0.15, 0.2) is 48.5 Å². The molecule has 2 rings (SSSR count). The molecule has 0 aliphatic heterocycles. The van der Waals surface area contributed by atoms with Gasteiger partial charge in [0.15, 0.2) is 13.2 Å². The summed E-state index contributed by atoms with van der Waals surface area (Å²) in [5, 5.41) is 2.40. The van der Waals surface area contributed by atoms with Gasteiger partial charge < -0.3 is 19.7 Å². The summed E-state index contributed by atoms with van der Waals surface area (Å²) in [4.78, 5) is 38.6. The SMILES string of the molecule is CC(C)N(C(=O)COC(=O)c1ccccc1OCC(=O)Nc1ccccc1F)C(C)C. The number of hydrogen-bond acceptors (Lipinski definition) is 5. The number of nitrogens with zero attached hydrogens (tertiary/aromatic N) is 1. The maximum atomic E-state index is 13.6. The Labute approximate surface area is 181 Å². The third-order valence-corrected chi connectivity index (χ3v) is 4.34. The molecule has 2 amide bonds. The molecule has 0 fully saturated rings. The van der Waals surface area contributed by atoms with Crippen molar-refractivity contribution in [3.8, 4) is 5.75 Å². The van der Waals surface area contributed by atoms with Gasteiger partial charge in [-0.2, -0.15) is 0 Å². The number of anilines is 1. The fourth-order valence-electron chi connectivity index (χ4n) is 3.11. The van der Waals surface area contributed by atoms with Gasteiger partial charge in [0, 0.05) is 12.1 Å². The first-order valence-corrected chi connectivity index (χ1v) is 9.95. The number of rotatable bonds is 9. The van der Waals surface area contributed by atoms with Crippen LogP contribution in [0.4, 0.5) is 10.1 Å². The van der Waals surface area contributed by atoms with E-state index in [-0.39, 0.29) is 35.0 Å². The van der Waals surface area contributed by atoms with Gasteiger partial charge in [-0.15, -0.1) is 0 Å². The van der Waals surface area contributed by atoms with Crippen molar-refractivity contribution in [3.63, 3.8) is 0 Å². The van der Waals surface area contributed by atoms with Gasteiger partial charge in [-0.1, -0.05) is 24.3 Å². The van der Waals surface area contributed by atoms with Crippen LogP contribution in [-0.2, 0) is 14.3 Å². The molecule has 0 saturated heterocycles. The first kappa shape index (κ1) is 23.9. The van der Waals surface area contributed by atoms with Crippen molar-refractivity contribution >= 4 is 23.5 Å². The lowest BCUT2D eigenvalue weighted by atomic mass is 10.2. The zero-order valence-corrected chi connectivity index (χ0v) is 18.1. The molecule has 1 N–H and O–H groups in total. The second kappa shape index (κ2) is 11.1. The lowest BCUT2D eigenvalue weighted by Gasteiger charge is -2.30. The number of halogens is 1. The largest absolute Gasteiger partial charge is 0.483 e. The van der Waals surface area contributed by atoms with Gasteiger partial charge in [-0.3, -0.25) is 9.59 Å². The quantitative estimate of drug-likeness (QED) is 0.614. The van der Waals surface area contributed by atoms with Crippen molar-refractivity contribution in [1.29, 1.82) is 0 Å². The number of carbonyl (C=O) groups is 3. The minimum atomic E-state index is -0.745. The Morgan fingerprint density at radius 2 is 1.55 bits per heavy atom. The monoisotopic (exact) mass is 430 g/mol. The second-order valence-electron chi connectivity index (χ2n) is 7.38. The van der Waals surface area contributed by atoms with Crippen LogP contribution in [0.3, 0.4) is 0 Å². The van der Waals surface area contributed by atoms with E-state index in [1.807, 2.05) is 27.7 Å². The van der Waals surface area contributed by atoms with E-state index in [0.29, 0.717) is 0 Å². The summed E-state index contributed by atoms with van der Waals surface area (Å²) in [6, 6.07) is 11.9. The zero-order valence-electron chi connectivity index (χ0n) is 18.1. The summed E-state index contributed by atoms with van der Waals surface area (Å²) < 4.78 is 24.2. The molecule has 0 radical (unpaired) electrons. The molecule has 0 aromatic heterocycles. The summed E-state index contributed by atoms with van der Waals surface area (Å²) in [7, 11) is 0. The van der Waals surface area contributed by atoms with Gasteiger partial charge >= 0.3 is 5.97 Å². The highest BCUT2D eigenvalue weighted by Crippen LogP contribution is 2.20. The molecule has 0 aliphatic carbocycles. The molecule has 166 valence electrons. The fourth-order valence-corrected chi connectivity index (χ4v) is 3.11. The number of amides is 2. The third kappa shape index (κ3) is 6.80. The van der Waals surface area contributed by atoms with Crippen molar-refractivity contribution in [1.82, 2.24) is 4.90 Å². The van der Waals surface area contributed by atoms with E-state index in [0.717, 1.165) is 0 Å². The molecule has 0 spiro atoms. The van der Waals surface area contributed by atoms with Gasteiger partial charge in [0.2, 0.25) is 0 Å². The van der Waals surface area contributed by atoms with Crippen LogP contribution in [-0.4, -0.2) is 48.0 Å².